The van der Waals surface area contributed by atoms with Gasteiger partial charge in [-0.3, -0.25) is 4.79 Å². The van der Waals surface area contributed by atoms with Gasteiger partial charge in [0.1, 0.15) is 12.2 Å². The molecule has 0 heterocycles. The van der Waals surface area contributed by atoms with Gasteiger partial charge in [-0.15, -0.1) is 0 Å². The molecule has 6 nitrogen and oxygen atoms in total. The van der Waals surface area contributed by atoms with Crippen LogP contribution in [-0.4, -0.2) is 57.3 Å². The number of hydrogen-bond donors (Lipinski definition) is 5. The molecule has 0 aliphatic heterocycles. The third-order valence-corrected chi connectivity index (χ3v) is 12.7. The molecule has 0 aromatic heterocycles. The molecule has 0 fully saturated rings. The Balaban J connectivity index is 3.67. The van der Waals surface area contributed by atoms with E-state index in [2.05, 4.69) is 43.5 Å². The molecule has 1 amide bonds. The number of carbonyl (C=O) groups excluding carboxylic acids is 1. The Hall–Kier alpha value is -1.21. The van der Waals surface area contributed by atoms with E-state index in [-0.39, 0.29) is 0 Å². The molecule has 0 rings (SSSR count). The minimum atomic E-state index is -1.26. The molecule has 0 aromatic rings. The van der Waals surface area contributed by atoms with Crippen molar-refractivity contribution in [3.05, 3.63) is 24.3 Å². The summed E-state index contributed by atoms with van der Waals surface area (Å²) >= 11 is 0. The average Bonchev–Trinajstić information content (AvgIpc) is 3.25. The fourth-order valence-corrected chi connectivity index (χ4v) is 8.44. The fourth-order valence-electron chi connectivity index (χ4n) is 8.44. The molecule has 0 bridgehead atoms. The van der Waals surface area contributed by atoms with Gasteiger partial charge >= 0.3 is 0 Å². The Kier molecular flexibility index (Phi) is 47.8. The lowest BCUT2D eigenvalue weighted by Crippen LogP contribution is -2.53. The number of aliphatic hydroxyl groups excluding tert-OH is 4. The van der Waals surface area contributed by atoms with E-state index in [0.717, 1.165) is 44.9 Å². The number of hydrogen-bond acceptors (Lipinski definition) is 5. The minimum Gasteiger partial charge on any atom is -0.394 e. The van der Waals surface area contributed by atoms with Gasteiger partial charge in [-0.2, -0.15) is 0 Å². The molecule has 0 saturated heterocycles. The number of allylic oxidation sites excluding steroid dienone is 4. The van der Waals surface area contributed by atoms with Crippen molar-refractivity contribution < 1.29 is 25.2 Å². The van der Waals surface area contributed by atoms with Crippen LogP contribution in [0.4, 0.5) is 0 Å². The molecule has 5 N–H and O–H groups in total. The molecule has 0 aliphatic carbocycles. The first-order valence-electron chi connectivity index (χ1n) is 26.7. The zero-order valence-electron chi connectivity index (χ0n) is 40.2. The minimum absolute atomic E-state index is 0.364. The van der Waals surface area contributed by atoms with E-state index >= 15 is 0 Å². The van der Waals surface area contributed by atoms with Crippen molar-refractivity contribution in [3.8, 4) is 0 Å². The molecule has 0 aliphatic rings. The first kappa shape index (κ1) is 58.8. The predicted molar refractivity (Wildman–Crippen MR) is 261 cm³/mol. The molecule has 60 heavy (non-hydrogen) atoms. The monoisotopic (exact) mass is 848 g/mol. The second-order valence-electron chi connectivity index (χ2n) is 18.6. The summed E-state index contributed by atoms with van der Waals surface area (Å²) in [5.41, 5.74) is 0. The Morgan fingerprint density at radius 1 is 0.417 bits per heavy atom. The third-order valence-electron chi connectivity index (χ3n) is 12.7. The summed E-state index contributed by atoms with van der Waals surface area (Å²) in [6.07, 6.45) is 58.0. The summed E-state index contributed by atoms with van der Waals surface area (Å²) in [6.45, 7) is 4.08. The molecule has 0 spiro atoms. The summed E-state index contributed by atoms with van der Waals surface area (Å²) in [7, 11) is 0. The SMILES string of the molecule is CCCCCCCCCCC/C=C\C/C=C\CCCCCCCCCCC(O)C(=O)NC(CO)C(O)C(O)CCCCCCCCCCCCCCCCCCCCCC. The number of aliphatic hydroxyl groups is 4. The molecule has 6 heteroatoms. The van der Waals surface area contributed by atoms with Crippen LogP contribution in [0.2, 0.25) is 0 Å². The summed E-state index contributed by atoms with van der Waals surface area (Å²) in [5.74, 6) is -0.585. The maximum Gasteiger partial charge on any atom is 0.249 e. The highest BCUT2D eigenvalue weighted by atomic mass is 16.3. The normalized spacial score (nSPS) is 14.0. The number of carbonyl (C=O) groups is 1. The van der Waals surface area contributed by atoms with Crippen molar-refractivity contribution in [2.75, 3.05) is 6.61 Å². The highest BCUT2D eigenvalue weighted by Crippen LogP contribution is 2.17. The van der Waals surface area contributed by atoms with E-state index in [1.807, 2.05) is 0 Å². The van der Waals surface area contributed by atoms with Gasteiger partial charge in [-0.25, -0.2) is 0 Å². The molecule has 4 atom stereocenters. The molecular weight excluding hydrogens is 743 g/mol. The summed E-state index contributed by atoms with van der Waals surface area (Å²) in [5, 5.41) is 44.0. The van der Waals surface area contributed by atoms with Crippen molar-refractivity contribution in [2.45, 2.75) is 308 Å². The molecular formula is C54H105NO5. The van der Waals surface area contributed by atoms with E-state index in [4.69, 9.17) is 0 Å². The summed E-state index contributed by atoms with van der Waals surface area (Å²) in [6, 6.07) is -0.987. The van der Waals surface area contributed by atoms with Crippen molar-refractivity contribution in [1.29, 1.82) is 0 Å². The highest BCUT2D eigenvalue weighted by Gasteiger charge is 2.28. The predicted octanol–water partition coefficient (Wildman–Crippen LogP) is 15.1. The van der Waals surface area contributed by atoms with Crippen LogP contribution in [0.5, 0.6) is 0 Å². The molecule has 4 unspecified atom stereocenters. The molecule has 0 aromatic carbocycles. The van der Waals surface area contributed by atoms with Crippen LogP contribution in [-0.2, 0) is 4.79 Å². The Bertz CT molecular complexity index is 909. The highest BCUT2D eigenvalue weighted by molar-refractivity contribution is 5.80. The third kappa shape index (κ3) is 42.1. The quantitative estimate of drug-likeness (QED) is 0.0309. The average molecular weight is 848 g/mol. The van der Waals surface area contributed by atoms with E-state index < -0.39 is 36.9 Å². The van der Waals surface area contributed by atoms with E-state index in [0.29, 0.717) is 12.8 Å². The standard InChI is InChI=1S/C54H105NO5/c1-3-5-7-9-11-13-15-17-19-21-23-25-26-27-28-30-32-34-36-38-40-42-44-46-48-52(58)54(60)55-50(49-56)53(59)51(57)47-45-43-41-39-37-35-33-31-29-24-22-20-18-16-14-12-10-8-6-4-2/h23,25,27-28,50-53,56-59H,3-22,24,26,29-49H2,1-2H3,(H,55,60)/b25-23-,28-27-. The second kappa shape index (κ2) is 48.8. The zero-order valence-corrected chi connectivity index (χ0v) is 40.2. The lowest BCUT2D eigenvalue weighted by molar-refractivity contribution is -0.132. The summed E-state index contributed by atoms with van der Waals surface area (Å²) in [4.78, 5) is 12.6. The number of rotatable bonds is 49. The zero-order chi connectivity index (χ0) is 43.8. The van der Waals surface area contributed by atoms with E-state index in [9.17, 15) is 25.2 Å². The Morgan fingerprint density at radius 3 is 1.05 bits per heavy atom. The van der Waals surface area contributed by atoms with Crippen molar-refractivity contribution in [1.82, 2.24) is 5.32 Å². The van der Waals surface area contributed by atoms with Crippen LogP contribution >= 0.6 is 0 Å². The van der Waals surface area contributed by atoms with Gasteiger partial charge in [0.15, 0.2) is 0 Å². The molecule has 0 radical (unpaired) electrons. The van der Waals surface area contributed by atoms with Crippen molar-refractivity contribution in [3.63, 3.8) is 0 Å². The first-order valence-corrected chi connectivity index (χ1v) is 26.7. The Morgan fingerprint density at radius 2 is 0.717 bits per heavy atom. The van der Waals surface area contributed by atoms with Crippen molar-refractivity contribution >= 4 is 5.91 Å². The number of amides is 1. The number of nitrogens with one attached hydrogen (secondary N) is 1. The van der Waals surface area contributed by atoms with Gasteiger partial charge in [0.25, 0.3) is 0 Å². The second-order valence-corrected chi connectivity index (χ2v) is 18.6. The van der Waals surface area contributed by atoms with Crippen LogP contribution in [0.15, 0.2) is 24.3 Å². The van der Waals surface area contributed by atoms with E-state index in [1.54, 1.807) is 0 Å². The van der Waals surface area contributed by atoms with Gasteiger partial charge in [0, 0.05) is 0 Å². The van der Waals surface area contributed by atoms with Gasteiger partial charge in [0.2, 0.25) is 5.91 Å². The van der Waals surface area contributed by atoms with Crippen LogP contribution in [0.1, 0.15) is 284 Å². The molecule has 0 saturated carbocycles. The van der Waals surface area contributed by atoms with Crippen LogP contribution < -0.4 is 5.32 Å². The van der Waals surface area contributed by atoms with Crippen LogP contribution in [0.3, 0.4) is 0 Å². The van der Waals surface area contributed by atoms with Gasteiger partial charge in [0.05, 0.1) is 18.8 Å². The topological polar surface area (TPSA) is 110 Å². The lowest BCUT2D eigenvalue weighted by Gasteiger charge is -2.27. The fraction of sp³-hybridized carbons (Fsp3) is 0.907. The van der Waals surface area contributed by atoms with Crippen LogP contribution in [0.25, 0.3) is 0 Å². The number of unbranched alkanes of at least 4 members (excludes halogenated alkanes) is 36. The largest absolute Gasteiger partial charge is 0.394 e. The molecule has 356 valence electrons. The van der Waals surface area contributed by atoms with E-state index in [1.165, 1.54) is 212 Å². The Labute approximate surface area is 374 Å². The van der Waals surface area contributed by atoms with Gasteiger partial charge in [-0.05, 0) is 44.9 Å². The maximum atomic E-state index is 12.6. The summed E-state index contributed by atoms with van der Waals surface area (Å²) < 4.78 is 0. The lowest BCUT2D eigenvalue weighted by atomic mass is 9.99. The first-order chi connectivity index (χ1) is 29.5. The van der Waals surface area contributed by atoms with Gasteiger partial charge < -0.3 is 25.7 Å². The van der Waals surface area contributed by atoms with Gasteiger partial charge in [-0.1, -0.05) is 263 Å². The maximum absolute atomic E-state index is 12.6. The smallest absolute Gasteiger partial charge is 0.249 e. The van der Waals surface area contributed by atoms with Crippen molar-refractivity contribution in [2.24, 2.45) is 0 Å². The van der Waals surface area contributed by atoms with Crippen LogP contribution in [0, 0.1) is 0 Å².